The third-order valence-electron chi connectivity index (χ3n) is 6.51. The number of hydrogen-bond donors (Lipinski definition) is 0. The minimum Gasteiger partial charge on any atom is -0.453 e. The maximum Gasteiger partial charge on any atom is 0.409 e. The molecular weight excluding hydrogens is 490 g/mol. The summed E-state index contributed by atoms with van der Waals surface area (Å²) in [7, 11) is 3.99. The molecule has 2 aliphatic heterocycles. The molecule has 0 aliphatic carbocycles. The molecule has 2 unspecified atom stereocenters. The largest absolute Gasteiger partial charge is 0.453 e. The number of amides is 1. The van der Waals surface area contributed by atoms with Crippen molar-refractivity contribution < 1.29 is 18.7 Å². The first-order valence-electron chi connectivity index (χ1n) is 11.9. The van der Waals surface area contributed by atoms with Crippen molar-refractivity contribution in [2.24, 2.45) is 0 Å². The molecule has 9 heteroatoms. The van der Waals surface area contributed by atoms with Gasteiger partial charge in [0, 0.05) is 54.2 Å². The molecular formula is C28H30FN4O3P. The molecule has 1 aromatic heterocycles. The van der Waals surface area contributed by atoms with Crippen LogP contribution in [-0.4, -0.2) is 53.4 Å². The summed E-state index contributed by atoms with van der Waals surface area (Å²) in [5, 5.41) is 9.81. The van der Waals surface area contributed by atoms with Crippen molar-refractivity contribution in [1.29, 1.82) is 5.26 Å². The van der Waals surface area contributed by atoms with Gasteiger partial charge in [0.25, 0.3) is 0 Å². The van der Waals surface area contributed by atoms with Gasteiger partial charge in [-0.3, -0.25) is 0 Å². The Morgan fingerprint density at radius 2 is 2.19 bits per heavy atom. The zero-order valence-electron chi connectivity index (χ0n) is 21.2. The predicted octanol–water partition coefficient (Wildman–Crippen LogP) is 4.87. The zero-order chi connectivity index (χ0) is 26.7. The van der Waals surface area contributed by atoms with Crippen LogP contribution in [0.1, 0.15) is 31.4 Å². The lowest BCUT2D eigenvalue weighted by molar-refractivity contribution is -0.0252. The van der Waals surface area contributed by atoms with Gasteiger partial charge >= 0.3 is 6.09 Å². The number of halogens is 1. The topological polar surface area (TPSA) is 70.7 Å². The number of carbonyl (C=O) groups excluding carboxylic acids is 1. The molecule has 2 aliphatic rings. The van der Waals surface area contributed by atoms with E-state index in [9.17, 15) is 4.79 Å². The van der Waals surface area contributed by atoms with E-state index in [2.05, 4.69) is 21.9 Å². The average molecular weight is 521 g/mol. The van der Waals surface area contributed by atoms with Crippen LogP contribution in [0.4, 0.5) is 9.18 Å². The molecule has 37 heavy (non-hydrogen) atoms. The molecule has 1 aromatic carbocycles. The Hall–Kier alpha value is -3.66. The van der Waals surface area contributed by atoms with Crippen LogP contribution in [0.2, 0.25) is 0 Å². The van der Waals surface area contributed by atoms with E-state index in [4.69, 9.17) is 14.7 Å². The number of allylic oxidation sites excluding steroid dienone is 4. The molecule has 3 heterocycles. The lowest BCUT2D eigenvalue weighted by Gasteiger charge is -2.36. The first kappa shape index (κ1) is 26.4. The number of hydrogen-bond acceptors (Lipinski definition) is 5. The highest BCUT2D eigenvalue weighted by atomic mass is 31.0. The number of benzene rings is 1. The van der Waals surface area contributed by atoms with Crippen LogP contribution in [-0.2, 0) is 9.47 Å². The summed E-state index contributed by atoms with van der Waals surface area (Å²) in [6.07, 6.45) is 9.01. The van der Waals surface area contributed by atoms with Gasteiger partial charge in [0.2, 0.25) is 0 Å². The monoisotopic (exact) mass is 520 g/mol. The summed E-state index contributed by atoms with van der Waals surface area (Å²) in [6.45, 7) is 9.30. The van der Waals surface area contributed by atoms with Crippen molar-refractivity contribution in [2.75, 3.05) is 26.8 Å². The van der Waals surface area contributed by atoms with Gasteiger partial charge in [0.05, 0.1) is 31.9 Å². The fourth-order valence-corrected chi connectivity index (χ4v) is 5.17. The molecule has 192 valence electrons. The van der Waals surface area contributed by atoms with E-state index >= 15 is 4.39 Å². The lowest BCUT2D eigenvalue weighted by atomic mass is 9.98. The molecule has 0 spiro atoms. The quantitative estimate of drug-likeness (QED) is 0.527. The molecule has 1 amide bonds. The van der Waals surface area contributed by atoms with Crippen molar-refractivity contribution in [3.63, 3.8) is 0 Å². The summed E-state index contributed by atoms with van der Waals surface area (Å²) in [6, 6.07) is 7.11. The number of nitriles is 1. The van der Waals surface area contributed by atoms with Gasteiger partial charge < -0.3 is 23.8 Å². The van der Waals surface area contributed by atoms with Crippen LogP contribution < -0.4 is 5.30 Å². The van der Waals surface area contributed by atoms with Crippen molar-refractivity contribution in [1.82, 2.24) is 14.4 Å². The summed E-state index contributed by atoms with van der Waals surface area (Å²) in [4.78, 5) is 15.7. The molecule has 1 saturated heterocycles. The van der Waals surface area contributed by atoms with E-state index in [1.165, 1.54) is 13.2 Å². The fraction of sp³-hybridized carbons (Fsp3) is 0.286. The Labute approximate surface area is 219 Å². The first-order chi connectivity index (χ1) is 17.7. The third-order valence-corrected chi connectivity index (χ3v) is 6.96. The third kappa shape index (κ3) is 5.69. The van der Waals surface area contributed by atoms with Crippen LogP contribution in [0, 0.1) is 17.1 Å². The molecule has 2 aromatic rings. The van der Waals surface area contributed by atoms with Crippen molar-refractivity contribution in [2.45, 2.75) is 26.4 Å². The number of methoxy groups -OCH3 is 1. The van der Waals surface area contributed by atoms with E-state index in [1.54, 1.807) is 27.9 Å². The van der Waals surface area contributed by atoms with Crippen LogP contribution >= 0.6 is 9.24 Å². The SMILES string of the molecule is C=C1C=C(C)C=CN1/C(CC1CN(C(=O)OC)CCO1)=C(\C)c1c(F)cc(-n2ccc(C#N)c2)cc1P. The summed E-state index contributed by atoms with van der Waals surface area (Å²) < 4.78 is 28.3. The molecule has 0 bridgehead atoms. The van der Waals surface area contributed by atoms with Crippen molar-refractivity contribution in [3.8, 4) is 11.8 Å². The van der Waals surface area contributed by atoms with E-state index in [-0.39, 0.29) is 11.9 Å². The Kier molecular flexibility index (Phi) is 7.97. The maximum absolute atomic E-state index is 15.7. The van der Waals surface area contributed by atoms with Gasteiger partial charge in [-0.1, -0.05) is 6.58 Å². The Balaban J connectivity index is 1.75. The summed E-state index contributed by atoms with van der Waals surface area (Å²) >= 11 is 0. The molecule has 0 radical (unpaired) electrons. The second-order valence-corrected chi connectivity index (χ2v) is 9.68. The highest BCUT2D eigenvalue weighted by molar-refractivity contribution is 7.27. The Morgan fingerprint density at radius 1 is 1.41 bits per heavy atom. The van der Waals surface area contributed by atoms with Gasteiger partial charge in [-0.15, -0.1) is 9.24 Å². The van der Waals surface area contributed by atoms with Crippen LogP contribution in [0.5, 0.6) is 0 Å². The normalized spacial score (nSPS) is 18.3. The highest BCUT2D eigenvalue weighted by Crippen LogP contribution is 2.33. The van der Waals surface area contributed by atoms with Gasteiger partial charge in [0.15, 0.2) is 0 Å². The fourth-order valence-electron chi connectivity index (χ4n) is 4.64. The van der Waals surface area contributed by atoms with E-state index in [0.29, 0.717) is 48.2 Å². The smallest absolute Gasteiger partial charge is 0.409 e. The van der Waals surface area contributed by atoms with Crippen LogP contribution in [0.3, 0.4) is 0 Å². The van der Waals surface area contributed by atoms with Gasteiger partial charge in [-0.05, 0) is 60.6 Å². The predicted molar refractivity (Wildman–Crippen MR) is 145 cm³/mol. The van der Waals surface area contributed by atoms with Gasteiger partial charge in [-0.25, -0.2) is 9.18 Å². The maximum atomic E-state index is 15.7. The van der Waals surface area contributed by atoms with Crippen LogP contribution in [0.25, 0.3) is 11.3 Å². The lowest BCUT2D eigenvalue weighted by Crippen LogP contribution is -2.46. The number of nitrogens with zero attached hydrogens (tertiary/aromatic N) is 4. The van der Waals surface area contributed by atoms with Crippen molar-refractivity contribution in [3.05, 3.63) is 89.4 Å². The molecule has 7 nitrogen and oxygen atoms in total. The Bertz CT molecular complexity index is 1340. The summed E-state index contributed by atoms with van der Waals surface area (Å²) in [5.41, 5.74) is 4.96. The highest BCUT2D eigenvalue weighted by Gasteiger charge is 2.29. The Morgan fingerprint density at radius 3 is 2.84 bits per heavy atom. The minimum atomic E-state index is -0.394. The average Bonchev–Trinajstić information content (AvgIpc) is 3.36. The van der Waals surface area contributed by atoms with E-state index < -0.39 is 6.09 Å². The number of carbonyl (C=O) groups is 1. The number of rotatable bonds is 5. The second-order valence-electron chi connectivity index (χ2n) is 9.06. The first-order valence-corrected chi connectivity index (χ1v) is 12.5. The molecule has 4 rings (SSSR count). The standard InChI is InChI=1S/C28H30FN4O3P/c1-18-5-8-33(19(2)11-18)25(14-23-17-32(9-10-36-23)28(34)35-4)20(3)27-24(29)12-22(13-26(27)37)31-7-6-21(15-30)16-31/h5-8,11-13,16,23H,2,9-10,14,17,37H2,1,3-4H3/b25-20+. The molecule has 0 saturated carbocycles. The molecule has 1 fully saturated rings. The zero-order valence-corrected chi connectivity index (χ0v) is 22.4. The number of aromatic nitrogens is 1. The van der Waals surface area contributed by atoms with Crippen LogP contribution in [0.15, 0.2) is 72.5 Å². The van der Waals surface area contributed by atoms with Gasteiger partial charge in [0.1, 0.15) is 11.9 Å². The summed E-state index contributed by atoms with van der Waals surface area (Å²) in [5.74, 6) is -0.385. The number of ether oxygens (including phenoxy) is 2. The van der Waals surface area contributed by atoms with Crippen molar-refractivity contribution >= 4 is 26.2 Å². The number of morpholine rings is 1. The van der Waals surface area contributed by atoms with E-state index in [0.717, 1.165) is 22.5 Å². The van der Waals surface area contributed by atoms with Gasteiger partial charge in [-0.2, -0.15) is 5.26 Å². The molecule has 2 atom stereocenters. The van der Waals surface area contributed by atoms with E-state index in [1.807, 2.05) is 43.2 Å². The minimum absolute atomic E-state index is 0.300. The second kappa shape index (κ2) is 11.2. The molecule has 0 N–H and O–H groups in total.